The largest absolute Gasteiger partial charge is 0.346 e. The monoisotopic (exact) mass is 272 g/mol. The fourth-order valence-corrected chi connectivity index (χ4v) is 1.97. The van der Waals surface area contributed by atoms with E-state index in [2.05, 4.69) is 25.9 Å². The molecule has 0 unspecified atom stereocenters. The summed E-state index contributed by atoms with van der Waals surface area (Å²) in [6, 6.07) is 2.23. The van der Waals surface area contributed by atoms with E-state index in [9.17, 15) is 4.79 Å². The minimum atomic E-state index is -0.216. The number of hydrogen-bond donors (Lipinski definition) is 2. The van der Waals surface area contributed by atoms with Gasteiger partial charge in [0.25, 0.3) is 5.91 Å². The van der Waals surface area contributed by atoms with Gasteiger partial charge >= 0.3 is 0 Å². The quantitative estimate of drug-likeness (QED) is 0.822. The zero-order valence-corrected chi connectivity index (χ0v) is 11.2. The summed E-state index contributed by atoms with van der Waals surface area (Å²) >= 11 is 0. The average Bonchev–Trinajstić information content (AvgIpc) is 2.85. The average molecular weight is 272 g/mol. The van der Waals surface area contributed by atoms with Gasteiger partial charge in [0.2, 0.25) is 0 Å². The van der Waals surface area contributed by atoms with Crippen LogP contribution in [-0.2, 0) is 6.54 Å². The van der Waals surface area contributed by atoms with E-state index in [1.165, 1.54) is 0 Å². The SMILES string of the molecule is Cc1ccncc1CNC(=O)c1cn(C2CNC2)nn1. The highest BCUT2D eigenvalue weighted by atomic mass is 16.2. The van der Waals surface area contributed by atoms with Crippen molar-refractivity contribution in [3.05, 3.63) is 41.5 Å². The Morgan fingerprint density at radius 2 is 2.40 bits per heavy atom. The molecule has 104 valence electrons. The van der Waals surface area contributed by atoms with Gasteiger partial charge < -0.3 is 10.6 Å². The molecule has 1 aliphatic rings. The van der Waals surface area contributed by atoms with E-state index in [1.54, 1.807) is 23.3 Å². The molecule has 1 saturated heterocycles. The number of rotatable bonds is 4. The molecule has 2 aromatic heterocycles. The third kappa shape index (κ3) is 2.53. The van der Waals surface area contributed by atoms with E-state index in [1.807, 2.05) is 13.0 Å². The molecule has 0 radical (unpaired) electrons. The zero-order valence-electron chi connectivity index (χ0n) is 11.2. The minimum Gasteiger partial charge on any atom is -0.346 e. The summed E-state index contributed by atoms with van der Waals surface area (Å²) in [6.07, 6.45) is 5.18. The fourth-order valence-electron chi connectivity index (χ4n) is 1.97. The Kier molecular flexibility index (Phi) is 3.42. The molecule has 1 amide bonds. The first kappa shape index (κ1) is 12.7. The number of hydrogen-bond acceptors (Lipinski definition) is 5. The standard InChI is InChI=1S/C13H16N6O/c1-9-2-3-14-4-10(9)5-16-13(20)12-8-19(18-17-12)11-6-15-7-11/h2-4,8,11,15H,5-7H2,1H3,(H,16,20). The van der Waals surface area contributed by atoms with Crippen molar-refractivity contribution >= 4 is 5.91 Å². The molecule has 0 aromatic carbocycles. The van der Waals surface area contributed by atoms with Gasteiger partial charge in [0.15, 0.2) is 5.69 Å². The smallest absolute Gasteiger partial charge is 0.273 e. The highest BCUT2D eigenvalue weighted by molar-refractivity contribution is 5.91. The predicted molar refractivity (Wildman–Crippen MR) is 72.1 cm³/mol. The molecular weight excluding hydrogens is 256 g/mol. The van der Waals surface area contributed by atoms with Crippen molar-refractivity contribution in [1.29, 1.82) is 0 Å². The van der Waals surface area contributed by atoms with Crippen molar-refractivity contribution < 1.29 is 4.79 Å². The van der Waals surface area contributed by atoms with Gasteiger partial charge in [0.1, 0.15) is 0 Å². The Hall–Kier alpha value is -2.28. The summed E-state index contributed by atoms with van der Waals surface area (Å²) in [5.74, 6) is -0.216. The molecule has 3 heterocycles. The van der Waals surface area contributed by atoms with Gasteiger partial charge in [-0.05, 0) is 24.1 Å². The summed E-state index contributed by atoms with van der Waals surface area (Å²) in [6.45, 7) is 4.18. The molecule has 3 rings (SSSR count). The number of aryl methyl sites for hydroxylation is 1. The molecule has 0 spiro atoms. The van der Waals surface area contributed by atoms with Crippen LogP contribution in [0.1, 0.15) is 27.7 Å². The Morgan fingerprint density at radius 3 is 3.10 bits per heavy atom. The summed E-state index contributed by atoms with van der Waals surface area (Å²) in [4.78, 5) is 16.1. The molecule has 20 heavy (non-hydrogen) atoms. The number of nitrogens with zero attached hydrogens (tertiary/aromatic N) is 4. The van der Waals surface area contributed by atoms with Gasteiger partial charge in [-0.3, -0.25) is 9.78 Å². The van der Waals surface area contributed by atoms with Crippen molar-refractivity contribution in [2.24, 2.45) is 0 Å². The molecule has 1 aliphatic heterocycles. The fraction of sp³-hybridized carbons (Fsp3) is 0.385. The topological polar surface area (TPSA) is 84.7 Å². The third-order valence-electron chi connectivity index (χ3n) is 3.46. The van der Waals surface area contributed by atoms with E-state index in [-0.39, 0.29) is 5.91 Å². The third-order valence-corrected chi connectivity index (χ3v) is 3.46. The lowest BCUT2D eigenvalue weighted by atomic mass is 10.1. The van der Waals surface area contributed by atoms with Crippen molar-refractivity contribution in [2.75, 3.05) is 13.1 Å². The lowest BCUT2D eigenvalue weighted by molar-refractivity contribution is 0.0945. The summed E-state index contributed by atoms with van der Waals surface area (Å²) < 4.78 is 1.74. The molecular formula is C13H16N6O. The molecule has 0 saturated carbocycles. The lowest BCUT2D eigenvalue weighted by Crippen LogP contribution is -2.43. The maximum Gasteiger partial charge on any atom is 0.273 e. The molecule has 0 bridgehead atoms. The van der Waals surface area contributed by atoms with Crippen LogP contribution in [0.15, 0.2) is 24.7 Å². The van der Waals surface area contributed by atoms with Crippen LogP contribution in [-0.4, -0.2) is 39.0 Å². The van der Waals surface area contributed by atoms with Crippen LogP contribution in [0.5, 0.6) is 0 Å². The van der Waals surface area contributed by atoms with Gasteiger partial charge in [-0.2, -0.15) is 0 Å². The second-order valence-corrected chi connectivity index (χ2v) is 4.88. The Bertz CT molecular complexity index is 619. The first-order valence-corrected chi connectivity index (χ1v) is 6.54. The normalized spacial score (nSPS) is 14.8. The number of amides is 1. The second kappa shape index (κ2) is 5.38. The van der Waals surface area contributed by atoms with Crippen LogP contribution in [0.25, 0.3) is 0 Å². The summed E-state index contributed by atoms with van der Waals surface area (Å²) in [7, 11) is 0. The van der Waals surface area contributed by atoms with Crippen LogP contribution in [0.4, 0.5) is 0 Å². The molecule has 1 fully saturated rings. The van der Waals surface area contributed by atoms with Gasteiger partial charge in [0, 0.05) is 32.0 Å². The van der Waals surface area contributed by atoms with Crippen molar-refractivity contribution in [2.45, 2.75) is 19.5 Å². The van der Waals surface area contributed by atoms with E-state index in [0.717, 1.165) is 24.2 Å². The maximum absolute atomic E-state index is 12.0. The van der Waals surface area contributed by atoms with Gasteiger partial charge in [-0.15, -0.1) is 5.10 Å². The van der Waals surface area contributed by atoms with E-state index in [4.69, 9.17) is 0 Å². The van der Waals surface area contributed by atoms with Crippen molar-refractivity contribution in [3.8, 4) is 0 Å². The van der Waals surface area contributed by atoms with Crippen LogP contribution < -0.4 is 10.6 Å². The molecule has 2 aromatic rings. The van der Waals surface area contributed by atoms with Gasteiger partial charge in [-0.25, -0.2) is 4.68 Å². The molecule has 0 atom stereocenters. The molecule has 0 aliphatic carbocycles. The second-order valence-electron chi connectivity index (χ2n) is 4.88. The van der Waals surface area contributed by atoms with Gasteiger partial charge in [0.05, 0.1) is 12.2 Å². The molecule has 7 nitrogen and oxygen atoms in total. The summed E-state index contributed by atoms with van der Waals surface area (Å²) in [5.41, 5.74) is 2.44. The lowest BCUT2D eigenvalue weighted by Gasteiger charge is -2.26. The van der Waals surface area contributed by atoms with Crippen LogP contribution in [0.3, 0.4) is 0 Å². The van der Waals surface area contributed by atoms with E-state index in [0.29, 0.717) is 18.3 Å². The maximum atomic E-state index is 12.0. The number of aromatic nitrogens is 4. The predicted octanol–water partition coefficient (Wildman–Crippen LogP) is 0.0558. The van der Waals surface area contributed by atoms with E-state index >= 15 is 0 Å². The minimum absolute atomic E-state index is 0.216. The highest BCUT2D eigenvalue weighted by Gasteiger charge is 2.21. The summed E-state index contributed by atoms with van der Waals surface area (Å²) in [5, 5.41) is 13.9. The Morgan fingerprint density at radius 1 is 1.55 bits per heavy atom. The molecule has 7 heteroatoms. The number of carbonyl (C=O) groups is 1. The number of nitrogens with one attached hydrogen (secondary N) is 2. The molecule has 2 N–H and O–H groups in total. The Labute approximate surface area is 116 Å². The van der Waals surface area contributed by atoms with E-state index < -0.39 is 0 Å². The van der Waals surface area contributed by atoms with Crippen LogP contribution in [0.2, 0.25) is 0 Å². The number of pyridine rings is 1. The number of carbonyl (C=O) groups excluding carboxylic acids is 1. The highest BCUT2D eigenvalue weighted by Crippen LogP contribution is 2.10. The van der Waals surface area contributed by atoms with Crippen molar-refractivity contribution in [3.63, 3.8) is 0 Å². The van der Waals surface area contributed by atoms with Crippen LogP contribution in [0, 0.1) is 6.92 Å². The van der Waals surface area contributed by atoms with Gasteiger partial charge in [-0.1, -0.05) is 5.21 Å². The van der Waals surface area contributed by atoms with Crippen LogP contribution >= 0.6 is 0 Å². The Balaban J connectivity index is 1.61. The first-order valence-electron chi connectivity index (χ1n) is 6.54. The first-order chi connectivity index (χ1) is 9.74. The van der Waals surface area contributed by atoms with Crippen molar-refractivity contribution in [1.82, 2.24) is 30.6 Å². The zero-order chi connectivity index (χ0) is 13.9.